The average molecular weight is 379 g/mol. The minimum atomic E-state index is 0.511. The molecule has 0 unspecified atom stereocenters. The largest absolute Gasteiger partial charge is 0.446 e. The Morgan fingerprint density at radius 3 is 2.82 bits per heavy atom. The second kappa shape index (κ2) is 5.64. The molecule has 3 aromatic heterocycles. The molecule has 2 N–H and O–H groups in total. The van der Waals surface area contributed by atoms with Crippen molar-refractivity contribution in [1.82, 2.24) is 14.9 Å². The Bertz CT molecular complexity index is 822. The van der Waals surface area contributed by atoms with Crippen molar-refractivity contribution in [2.45, 2.75) is 19.4 Å². The van der Waals surface area contributed by atoms with E-state index in [4.69, 9.17) is 10.2 Å². The summed E-state index contributed by atoms with van der Waals surface area (Å²) in [4.78, 5) is 13.7. The maximum absolute atomic E-state index is 6.11. The van der Waals surface area contributed by atoms with Gasteiger partial charge >= 0.3 is 0 Å². The number of furan rings is 1. The lowest BCUT2D eigenvalue weighted by atomic mass is 10.3. The van der Waals surface area contributed by atoms with Crippen LogP contribution in [0.3, 0.4) is 0 Å². The summed E-state index contributed by atoms with van der Waals surface area (Å²) in [5.41, 5.74) is 6.11. The fourth-order valence-corrected chi connectivity index (χ4v) is 4.16. The van der Waals surface area contributed by atoms with Crippen molar-refractivity contribution in [3.8, 4) is 11.6 Å². The molecular formula is C15H15BrN4OS. The van der Waals surface area contributed by atoms with Crippen LogP contribution >= 0.6 is 27.3 Å². The molecule has 1 aliphatic heterocycles. The number of halogens is 1. The van der Waals surface area contributed by atoms with E-state index in [1.807, 2.05) is 12.1 Å². The second-order valence-corrected chi connectivity index (χ2v) is 7.35. The maximum Gasteiger partial charge on any atom is 0.199 e. The van der Waals surface area contributed by atoms with E-state index in [0.29, 0.717) is 22.1 Å². The molecule has 0 radical (unpaired) electrons. The Kier molecular flexibility index (Phi) is 3.63. The van der Waals surface area contributed by atoms with Gasteiger partial charge in [0, 0.05) is 11.4 Å². The molecule has 1 fully saturated rings. The SMILES string of the molecule is Nc1nc(-c2ccc(Br)o2)nc2sc(CN3CCCC3)cc12. The molecule has 0 saturated carbocycles. The van der Waals surface area contributed by atoms with Crippen molar-refractivity contribution in [2.75, 3.05) is 18.8 Å². The Morgan fingerprint density at radius 2 is 2.09 bits per heavy atom. The molecule has 3 aromatic rings. The van der Waals surface area contributed by atoms with Gasteiger partial charge in [-0.2, -0.15) is 0 Å². The summed E-state index contributed by atoms with van der Waals surface area (Å²) in [6.45, 7) is 3.34. The third kappa shape index (κ3) is 2.64. The van der Waals surface area contributed by atoms with Crippen LogP contribution in [0, 0.1) is 0 Å². The van der Waals surface area contributed by atoms with Crippen molar-refractivity contribution in [2.24, 2.45) is 0 Å². The fraction of sp³-hybridized carbons (Fsp3) is 0.333. The Labute approximate surface area is 140 Å². The number of thiophene rings is 1. The van der Waals surface area contributed by atoms with Gasteiger partial charge in [-0.05, 0) is 60.1 Å². The fourth-order valence-electron chi connectivity index (χ4n) is 2.78. The van der Waals surface area contributed by atoms with Gasteiger partial charge in [-0.1, -0.05) is 0 Å². The minimum absolute atomic E-state index is 0.511. The van der Waals surface area contributed by atoms with Gasteiger partial charge in [0.2, 0.25) is 0 Å². The highest BCUT2D eigenvalue weighted by molar-refractivity contribution is 9.10. The van der Waals surface area contributed by atoms with Crippen LogP contribution in [0.15, 0.2) is 27.3 Å². The first kappa shape index (κ1) is 14.2. The number of hydrogen-bond donors (Lipinski definition) is 1. The highest BCUT2D eigenvalue weighted by Gasteiger charge is 2.16. The van der Waals surface area contributed by atoms with E-state index in [9.17, 15) is 0 Å². The molecule has 0 aromatic carbocycles. The molecular weight excluding hydrogens is 364 g/mol. The molecule has 4 rings (SSSR count). The number of nitrogen functional groups attached to an aromatic ring is 1. The zero-order valence-electron chi connectivity index (χ0n) is 11.9. The third-order valence-corrected chi connectivity index (χ3v) is 5.28. The molecule has 0 atom stereocenters. The number of aromatic nitrogens is 2. The highest BCUT2D eigenvalue weighted by atomic mass is 79.9. The molecule has 7 heteroatoms. The van der Waals surface area contributed by atoms with Gasteiger partial charge < -0.3 is 10.2 Å². The summed E-state index contributed by atoms with van der Waals surface area (Å²) >= 11 is 4.98. The molecule has 0 aliphatic carbocycles. The topological polar surface area (TPSA) is 68.2 Å². The zero-order valence-corrected chi connectivity index (χ0v) is 14.3. The molecule has 5 nitrogen and oxygen atoms in total. The van der Waals surface area contributed by atoms with Crippen LogP contribution in [-0.2, 0) is 6.54 Å². The normalized spacial score (nSPS) is 15.9. The minimum Gasteiger partial charge on any atom is -0.446 e. The second-order valence-electron chi connectivity index (χ2n) is 5.45. The van der Waals surface area contributed by atoms with E-state index in [1.165, 1.54) is 30.8 Å². The Morgan fingerprint density at radius 1 is 1.27 bits per heavy atom. The first-order valence-corrected chi connectivity index (χ1v) is 8.84. The summed E-state index contributed by atoms with van der Waals surface area (Å²) in [5.74, 6) is 1.66. The van der Waals surface area contributed by atoms with Gasteiger partial charge in [0.25, 0.3) is 0 Å². The summed E-state index contributed by atoms with van der Waals surface area (Å²) in [5, 5.41) is 0.938. The van der Waals surface area contributed by atoms with Crippen LogP contribution in [0.25, 0.3) is 21.8 Å². The van der Waals surface area contributed by atoms with Crippen molar-refractivity contribution in [3.05, 3.63) is 27.7 Å². The highest BCUT2D eigenvalue weighted by Crippen LogP contribution is 2.32. The van der Waals surface area contributed by atoms with Gasteiger partial charge in [0.15, 0.2) is 16.3 Å². The van der Waals surface area contributed by atoms with E-state index in [-0.39, 0.29) is 0 Å². The van der Waals surface area contributed by atoms with Gasteiger partial charge in [0.1, 0.15) is 10.6 Å². The maximum atomic E-state index is 6.11. The number of rotatable bonds is 3. The predicted octanol–water partition coefficient (Wildman–Crippen LogP) is 3.89. The molecule has 114 valence electrons. The van der Waals surface area contributed by atoms with Crippen molar-refractivity contribution in [3.63, 3.8) is 0 Å². The number of anilines is 1. The van der Waals surface area contributed by atoms with Crippen molar-refractivity contribution in [1.29, 1.82) is 0 Å². The van der Waals surface area contributed by atoms with Crippen molar-refractivity contribution >= 4 is 43.3 Å². The number of nitrogens with zero attached hydrogens (tertiary/aromatic N) is 3. The summed E-state index contributed by atoms with van der Waals surface area (Å²) < 4.78 is 6.18. The van der Waals surface area contributed by atoms with Crippen LogP contribution in [0.2, 0.25) is 0 Å². The quantitative estimate of drug-likeness (QED) is 0.748. The lowest BCUT2D eigenvalue weighted by Gasteiger charge is -2.11. The lowest BCUT2D eigenvalue weighted by Crippen LogP contribution is -2.17. The molecule has 0 spiro atoms. The first-order chi connectivity index (χ1) is 10.7. The standard InChI is InChI=1S/C15H15BrN4OS/c16-12-4-3-11(21-12)14-18-13(17)10-7-9(22-15(10)19-14)8-20-5-1-2-6-20/h3-4,7H,1-2,5-6,8H2,(H2,17,18,19). The smallest absolute Gasteiger partial charge is 0.199 e. The van der Waals surface area contributed by atoms with E-state index < -0.39 is 0 Å². The van der Waals surface area contributed by atoms with Crippen LogP contribution in [0.4, 0.5) is 5.82 Å². The van der Waals surface area contributed by atoms with Crippen LogP contribution in [0.1, 0.15) is 17.7 Å². The lowest BCUT2D eigenvalue weighted by molar-refractivity contribution is 0.334. The molecule has 0 bridgehead atoms. The number of nitrogens with two attached hydrogens (primary N) is 1. The molecule has 0 amide bonds. The number of fused-ring (bicyclic) bond motifs is 1. The summed E-state index contributed by atoms with van der Waals surface area (Å²) in [6, 6.07) is 5.78. The monoisotopic (exact) mass is 378 g/mol. The predicted molar refractivity (Wildman–Crippen MR) is 91.7 cm³/mol. The molecule has 4 heterocycles. The number of likely N-dealkylation sites (tertiary alicyclic amines) is 1. The van der Waals surface area contributed by atoms with E-state index in [1.54, 1.807) is 11.3 Å². The van der Waals surface area contributed by atoms with Crippen LogP contribution in [-0.4, -0.2) is 28.0 Å². The Balaban J connectivity index is 1.70. The van der Waals surface area contributed by atoms with E-state index in [0.717, 1.165) is 16.8 Å². The Hall–Kier alpha value is -1.44. The van der Waals surface area contributed by atoms with Crippen LogP contribution in [0.5, 0.6) is 0 Å². The summed E-state index contributed by atoms with van der Waals surface area (Å²) in [6.07, 6.45) is 2.59. The molecule has 1 saturated heterocycles. The third-order valence-electron chi connectivity index (χ3n) is 3.84. The average Bonchev–Trinajstić information content (AvgIpc) is 3.19. The van der Waals surface area contributed by atoms with Gasteiger partial charge in [0.05, 0.1) is 5.39 Å². The van der Waals surface area contributed by atoms with Crippen LogP contribution < -0.4 is 5.73 Å². The van der Waals surface area contributed by atoms with Gasteiger partial charge in [-0.15, -0.1) is 11.3 Å². The van der Waals surface area contributed by atoms with E-state index in [2.05, 4.69) is 36.9 Å². The first-order valence-electron chi connectivity index (χ1n) is 7.23. The van der Waals surface area contributed by atoms with Crippen molar-refractivity contribution < 1.29 is 4.42 Å². The number of hydrogen-bond acceptors (Lipinski definition) is 6. The van der Waals surface area contributed by atoms with Gasteiger partial charge in [-0.3, -0.25) is 4.90 Å². The van der Waals surface area contributed by atoms with E-state index >= 15 is 0 Å². The zero-order chi connectivity index (χ0) is 15.1. The summed E-state index contributed by atoms with van der Waals surface area (Å²) in [7, 11) is 0. The molecule has 1 aliphatic rings. The molecule has 22 heavy (non-hydrogen) atoms. The van der Waals surface area contributed by atoms with Gasteiger partial charge in [-0.25, -0.2) is 9.97 Å².